The summed E-state index contributed by atoms with van der Waals surface area (Å²) < 4.78 is 0.921. The van der Waals surface area contributed by atoms with E-state index in [2.05, 4.69) is 10.3 Å². The number of thiazole rings is 1. The van der Waals surface area contributed by atoms with Crippen molar-refractivity contribution < 1.29 is 4.79 Å². The molecule has 1 unspecified atom stereocenters. The van der Waals surface area contributed by atoms with Crippen molar-refractivity contribution >= 4 is 61.4 Å². The first-order valence-corrected chi connectivity index (χ1v) is 7.65. The maximum Gasteiger partial charge on any atom is 0.236 e. The molecule has 2 rings (SSSR count). The number of nitrogens with two attached hydrogens (primary N) is 1. The van der Waals surface area contributed by atoms with E-state index in [1.807, 2.05) is 26.0 Å². The third kappa shape index (κ3) is 3.26. The van der Waals surface area contributed by atoms with Crippen LogP contribution < -0.4 is 11.1 Å². The molecule has 3 N–H and O–H groups in total. The molecule has 1 amide bonds. The molecule has 0 aliphatic carbocycles. The Kier molecular flexibility index (Phi) is 4.57. The van der Waals surface area contributed by atoms with Gasteiger partial charge in [0, 0.05) is 5.02 Å². The fourth-order valence-corrected chi connectivity index (χ4v) is 3.42. The zero-order valence-electron chi connectivity index (χ0n) is 11.0. The maximum absolute atomic E-state index is 12.2. The lowest BCUT2D eigenvalue weighted by Crippen LogP contribution is -2.36. The molecule has 1 heterocycles. The van der Waals surface area contributed by atoms with Gasteiger partial charge in [-0.05, 0) is 24.1 Å². The van der Waals surface area contributed by atoms with Gasteiger partial charge in [0.1, 0.15) is 0 Å². The Hall–Kier alpha value is -1.24. The van der Waals surface area contributed by atoms with Crippen LogP contribution in [-0.4, -0.2) is 15.9 Å². The van der Waals surface area contributed by atoms with Crippen LogP contribution in [0.15, 0.2) is 18.2 Å². The summed E-state index contributed by atoms with van der Waals surface area (Å²) in [5, 5.41) is 3.93. The average Bonchev–Trinajstić information content (AvgIpc) is 2.68. The summed E-state index contributed by atoms with van der Waals surface area (Å²) in [5.41, 5.74) is 6.42. The van der Waals surface area contributed by atoms with Crippen LogP contribution in [0.25, 0.3) is 10.2 Å². The Labute approximate surface area is 131 Å². The molecule has 7 heteroatoms. The lowest BCUT2D eigenvalue weighted by molar-refractivity contribution is -0.118. The number of nitrogens with one attached hydrogen (secondary N) is 1. The van der Waals surface area contributed by atoms with Crippen molar-refractivity contribution in [1.29, 1.82) is 0 Å². The number of hydrogen-bond donors (Lipinski definition) is 2. The highest BCUT2D eigenvalue weighted by molar-refractivity contribution is 7.80. The number of halogens is 1. The van der Waals surface area contributed by atoms with E-state index in [-0.39, 0.29) is 16.8 Å². The largest absolute Gasteiger partial charge is 0.393 e. The molecule has 0 aliphatic heterocycles. The van der Waals surface area contributed by atoms with E-state index in [0.717, 1.165) is 10.2 Å². The first-order chi connectivity index (χ1) is 9.38. The van der Waals surface area contributed by atoms with E-state index >= 15 is 0 Å². The van der Waals surface area contributed by atoms with Gasteiger partial charge in [0.25, 0.3) is 0 Å². The van der Waals surface area contributed by atoms with Crippen molar-refractivity contribution in [1.82, 2.24) is 4.98 Å². The van der Waals surface area contributed by atoms with Crippen molar-refractivity contribution in [2.45, 2.75) is 13.8 Å². The summed E-state index contributed by atoms with van der Waals surface area (Å²) in [7, 11) is 0. The van der Waals surface area contributed by atoms with E-state index in [1.165, 1.54) is 11.3 Å². The van der Waals surface area contributed by atoms with Gasteiger partial charge in [-0.25, -0.2) is 4.98 Å². The van der Waals surface area contributed by atoms with Gasteiger partial charge in [0.2, 0.25) is 5.91 Å². The van der Waals surface area contributed by atoms with Crippen LogP contribution in [0.4, 0.5) is 5.13 Å². The molecule has 0 spiro atoms. The predicted octanol–water partition coefficient (Wildman–Crippen LogP) is 3.45. The molecular formula is C13H14ClN3OS2. The highest BCUT2D eigenvalue weighted by atomic mass is 35.5. The Morgan fingerprint density at radius 2 is 2.20 bits per heavy atom. The fourth-order valence-electron chi connectivity index (χ4n) is 1.90. The summed E-state index contributed by atoms with van der Waals surface area (Å²) in [6, 6.07) is 5.40. The average molecular weight is 328 g/mol. The van der Waals surface area contributed by atoms with Crippen molar-refractivity contribution in [3.63, 3.8) is 0 Å². The molecule has 20 heavy (non-hydrogen) atoms. The minimum atomic E-state index is -0.499. The van der Waals surface area contributed by atoms with Gasteiger partial charge >= 0.3 is 0 Å². The Balaban J connectivity index is 2.23. The summed E-state index contributed by atoms with van der Waals surface area (Å²) in [6.07, 6.45) is 0. The summed E-state index contributed by atoms with van der Waals surface area (Å²) in [4.78, 5) is 16.7. The van der Waals surface area contributed by atoms with Crippen molar-refractivity contribution in [3.8, 4) is 0 Å². The molecule has 4 nitrogen and oxygen atoms in total. The third-order valence-electron chi connectivity index (χ3n) is 2.84. The molecule has 0 saturated heterocycles. The van der Waals surface area contributed by atoms with E-state index < -0.39 is 5.92 Å². The topological polar surface area (TPSA) is 68.0 Å². The molecule has 106 valence electrons. The standard InChI is InChI=1S/C13H14ClN3OS2/c1-6(2)10(11(15)19)12(18)17-13-16-8-4-3-7(14)5-9(8)20-13/h3-6,10H,1-2H3,(H2,15,19)(H,16,17,18). The lowest BCUT2D eigenvalue weighted by Gasteiger charge is -2.17. The minimum absolute atomic E-state index is 0.0383. The number of rotatable bonds is 4. The Morgan fingerprint density at radius 1 is 1.50 bits per heavy atom. The summed E-state index contributed by atoms with van der Waals surface area (Å²) >= 11 is 12.2. The minimum Gasteiger partial charge on any atom is -0.393 e. The normalized spacial score (nSPS) is 12.6. The molecule has 0 aliphatic rings. The fraction of sp³-hybridized carbons (Fsp3) is 0.308. The van der Waals surface area contributed by atoms with Gasteiger partial charge in [-0.2, -0.15) is 0 Å². The van der Waals surface area contributed by atoms with Crippen LogP contribution in [0.5, 0.6) is 0 Å². The third-order valence-corrected chi connectivity index (χ3v) is 4.26. The zero-order chi connectivity index (χ0) is 14.9. The molecule has 1 atom stereocenters. The Bertz CT molecular complexity index is 669. The van der Waals surface area contributed by atoms with Crippen LogP contribution in [0.2, 0.25) is 5.02 Å². The van der Waals surface area contributed by atoms with Crippen molar-refractivity contribution in [2.24, 2.45) is 17.6 Å². The second-order valence-electron chi connectivity index (χ2n) is 4.74. The van der Waals surface area contributed by atoms with E-state index in [1.54, 1.807) is 6.07 Å². The summed E-state index contributed by atoms with van der Waals surface area (Å²) in [6.45, 7) is 3.81. The number of fused-ring (bicyclic) bond motifs is 1. The number of aromatic nitrogens is 1. The molecular weight excluding hydrogens is 314 g/mol. The number of nitrogens with zero attached hydrogens (tertiary/aromatic N) is 1. The lowest BCUT2D eigenvalue weighted by atomic mass is 9.95. The number of benzene rings is 1. The zero-order valence-corrected chi connectivity index (χ0v) is 13.4. The van der Waals surface area contributed by atoms with Crippen LogP contribution in [-0.2, 0) is 4.79 Å². The second kappa shape index (κ2) is 6.03. The molecule has 2 aromatic rings. The van der Waals surface area contributed by atoms with E-state index in [4.69, 9.17) is 29.6 Å². The van der Waals surface area contributed by atoms with Crippen molar-refractivity contribution in [2.75, 3.05) is 5.32 Å². The molecule has 1 aromatic carbocycles. The number of carbonyl (C=O) groups is 1. The van der Waals surface area contributed by atoms with Crippen LogP contribution >= 0.6 is 35.2 Å². The van der Waals surface area contributed by atoms with Crippen molar-refractivity contribution in [3.05, 3.63) is 23.2 Å². The first-order valence-electron chi connectivity index (χ1n) is 6.04. The quantitative estimate of drug-likeness (QED) is 0.844. The number of thiocarbonyl (C=S) groups is 1. The highest BCUT2D eigenvalue weighted by Crippen LogP contribution is 2.28. The van der Waals surface area contributed by atoms with Gasteiger partial charge in [0.05, 0.1) is 21.1 Å². The van der Waals surface area contributed by atoms with Gasteiger partial charge in [0.15, 0.2) is 5.13 Å². The van der Waals surface area contributed by atoms with Gasteiger partial charge in [-0.1, -0.05) is 49.0 Å². The van der Waals surface area contributed by atoms with Gasteiger partial charge < -0.3 is 11.1 Å². The molecule has 0 radical (unpaired) electrons. The monoisotopic (exact) mass is 327 g/mol. The molecule has 0 saturated carbocycles. The van der Waals surface area contributed by atoms with Crippen LogP contribution in [0.3, 0.4) is 0 Å². The number of carbonyl (C=O) groups excluding carboxylic acids is 1. The molecule has 0 bridgehead atoms. The van der Waals surface area contributed by atoms with Crippen LogP contribution in [0, 0.1) is 11.8 Å². The van der Waals surface area contributed by atoms with E-state index in [9.17, 15) is 4.79 Å². The highest BCUT2D eigenvalue weighted by Gasteiger charge is 2.25. The first kappa shape index (κ1) is 15.2. The van der Waals surface area contributed by atoms with Crippen LogP contribution in [0.1, 0.15) is 13.8 Å². The molecule has 0 fully saturated rings. The second-order valence-corrected chi connectivity index (χ2v) is 6.68. The number of anilines is 1. The SMILES string of the molecule is CC(C)C(C(=O)Nc1nc2ccc(Cl)cc2s1)C(N)=S. The van der Waals surface area contributed by atoms with E-state index in [0.29, 0.717) is 10.2 Å². The van der Waals surface area contributed by atoms with Gasteiger partial charge in [-0.15, -0.1) is 0 Å². The molecule has 1 aromatic heterocycles. The summed E-state index contributed by atoms with van der Waals surface area (Å²) in [5.74, 6) is -0.686. The predicted molar refractivity (Wildman–Crippen MR) is 88.4 cm³/mol. The number of amides is 1. The Morgan fingerprint density at radius 3 is 2.80 bits per heavy atom. The maximum atomic E-state index is 12.2. The number of hydrogen-bond acceptors (Lipinski definition) is 4. The van der Waals surface area contributed by atoms with Gasteiger partial charge in [-0.3, -0.25) is 4.79 Å². The smallest absolute Gasteiger partial charge is 0.236 e.